The Balaban J connectivity index is 2.69. The van der Waals surface area contributed by atoms with Gasteiger partial charge in [0.15, 0.2) is 0 Å². The lowest BCUT2D eigenvalue weighted by Gasteiger charge is -1.94. The van der Waals surface area contributed by atoms with E-state index in [0.717, 1.165) is 0 Å². The Morgan fingerprint density at radius 1 is 1.40 bits per heavy atom. The van der Waals surface area contributed by atoms with Crippen LogP contribution in [0.25, 0.3) is 11.0 Å². The van der Waals surface area contributed by atoms with Gasteiger partial charge in [0.1, 0.15) is 16.8 Å². The van der Waals surface area contributed by atoms with Crippen molar-refractivity contribution in [1.29, 1.82) is 0 Å². The molecule has 0 saturated heterocycles. The van der Waals surface area contributed by atoms with Gasteiger partial charge in [-0.2, -0.15) is 0 Å². The lowest BCUT2D eigenvalue weighted by Crippen LogP contribution is -2.12. The summed E-state index contributed by atoms with van der Waals surface area (Å²) in [6.45, 7) is 0. The summed E-state index contributed by atoms with van der Waals surface area (Å²) in [4.78, 5) is 28.1. The first-order chi connectivity index (χ1) is 7.11. The van der Waals surface area contributed by atoms with Crippen molar-refractivity contribution in [1.82, 2.24) is 9.97 Å². The Morgan fingerprint density at radius 3 is 2.80 bits per heavy atom. The van der Waals surface area contributed by atoms with Crippen LogP contribution in [-0.4, -0.2) is 31.9 Å². The number of Topliss-reactive ketones (excluding diaryl/α,β-unsaturated/α-hetero) is 1. The second kappa shape index (κ2) is 3.09. The van der Waals surface area contributed by atoms with E-state index in [0.29, 0.717) is 0 Å². The number of H-pyrrole nitrogens is 1. The van der Waals surface area contributed by atoms with Crippen molar-refractivity contribution in [3.05, 3.63) is 24.0 Å². The van der Waals surface area contributed by atoms with Gasteiger partial charge in [-0.15, -0.1) is 0 Å². The summed E-state index contributed by atoms with van der Waals surface area (Å²) in [5.41, 5.74) is 0.345. The zero-order chi connectivity index (χ0) is 11.0. The fourth-order valence-corrected chi connectivity index (χ4v) is 1.30. The number of aromatic nitrogens is 2. The number of nitrogens with one attached hydrogen (secondary N) is 1. The van der Waals surface area contributed by atoms with Gasteiger partial charge in [-0.25, -0.2) is 4.79 Å². The molecule has 0 spiro atoms. The molecule has 6 nitrogen and oxygen atoms in total. The molecule has 0 radical (unpaired) electrons. The van der Waals surface area contributed by atoms with Crippen LogP contribution >= 0.6 is 0 Å². The number of rotatable bonds is 2. The van der Waals surface area contributed by atoms with Crippen LogP contribution in [0.15, 0.2) is 18.5 Å². The lowest BCUT2D eigenvalue weighted by atomic mass is 10.2. The molecule has 6 heteroatoms. The van der Waals surface area contributed by atoms with Crippen LogP contribution in [-0.2, 0) is 4.79 Å². The molecule has 2 rings (SSSR count). The molecule has 0 saturated carbocycles. The van der Waals surface area contributed by atoms with Gasteiger partial charge in [-0.1, -0.05) is 0 Å². The number of carboxylic acid groups (broad SMARTS) is 1. The number of carbonyl (C=O) groups is 2. The van der Waals surface area contributed by atoms with Crippen molar-refractivity contribution in [2.75, 3.05) is 0 Å². The predicted octanol–water partition coefficient (Wildman–Crippen LogP) is 0.536. The van der Waals surface area contributed by atoms with Gasteiger partial charge >= 0.3 is 5.97 Å². The molecular weight excluding hydrogens is 200 g/mol. The number of pyridine rings is 1. The third-order valence-corrected chi connectivity index (χ3v) is 1.98. The largest absolute Gasteiger partial charge is 0.506 e. The maximum atomic E-state index is 11.2. The molecule has 2 aromatic heterocycles. The number of nitrogens with zero attached hydrogens (tertiary/aromatic N) is 1. The quantitative estimate of drug-likeness (QED) is 0.491. The van der Waals surface area contributed by atoms with E-state index in [1.165, 1.54) is 18.5 Å². The molecular formula is C9H6N2O4. The van der Waals surface area contributed by atoms with E-state index in [1.807, 2.05) is 0 Å². The fraction of sp³-hybridized carbons (Fsp3) is 0. The van der Waals surface area contributed by atoms with Gasteiger partial charge in [-0.3, -0.25) is 9.78 Å². The van der Waals surface area contributed by atoms with Gasteiger partial charge in [0.2, 0.25) is 0 Å². The van der Waals surface area contributed by atoms with E-state index in [2.05, 4.69) is 9.97 Å². The summed E-state index contributed by atoms with van der Waals surface area (Å²) in [6.07, 6.45) is 2.51. The number of hydrogen-bond acceptors (Lipinski definition) is 4. The van der Waals surface area contributed by atoms with Crippen LogP contribution in [0, 0.1) is 0 Å². The van der Waals surface area contributed by atoms with E-state index in [1.54, 1.807) is 0 Å². The molecule has 3 N–H and O–H groups in total. The predicted molar refractivity (Wildman–Crippen MR) is 49.7 cm³/mol. The zero-order valence-corrected chi connectivity index (χ0v) is 7.39. The lowest BCUT2D eigenvalue weighted by molar-refractivity contribution is -0.131. The summed E-state index contributed by atoms with van der Waals surface area (Å²) in [5, 5.41) is 17.9. The zero-order valence-electron chi connectivity index (χ0n) is 7.39. The molecule has 0 fully saturated rings. The second-order valence-corrected chi connectivity index (χ2v) is 2.89. The Morgan fingerprint density at radius 2 is 2.13 bits per heavy atom. The number of carbonyl (C=O) groups excluding carboxylic acids is 1. The van der Waals surface area contributed by atoms with Crippen LogP contribution in [0.5, 0.6) is 5.75 Å². The number of carboxylic acids is 1. The minimum Gasteiger partial charge on any atom is -0.506 e. The average Bonchev–Trinajstić information content (AvgIpc) is 2.61. The van der Waals surface area contributed by atoms with Crippen molar-refractivity contribution >= 4 is 22.8 Å². The Kier molecular flexibility index (Phi) is 1.89. The molecule has 0 unspecified atom stereocenters. The van der Waals surface area contributed by atoms with Crippen LogP contribution < -0.4 is 0 Å². The molecule has 0 aliphatic rings. The normalized spacial score (nSPS) is 10.4. The SMILES string of the molecule is O=C(O)C(=O)c1c[nH]c2c(O)ccnc12. The molecule has 2 aromatic rings. The van der Waals surface area contributed by atoms with Crippen LogP contribution in [0.2, 0.25) is 0 Å². The summed E-state index contributed by atoms with van der Waals surface area (Å²) >= 11 is 0. The minimum absolute atomic E-state index is 0.0617. The van der Waals surface area contributed by atoms with E-state index >= 15 is 0 Å². The van der Waals surface area contributed by atoms with Gasteiger partial charge in [0.25, 0.3) is 5.78 Å². The first-order valence-corrected chi connectivity index (χ1v) is 4.04. The molecule has 0 aromatic carbocycles. The molecule has 76 valence electrons. The molecule has 0 atom stereocenters. The molecule has 0 bridgehead atoms. The molecule has 0 amide bonds. The van der Waals surface area contributed by atoms with Crippen molar-refractivity contribution in [2.45, 2.75) is 0 Å². The number of ketones is 1. The van der Waals surface area contributed by atoms with Gasteiger partial charge < -0.3 is 15.2 Å². The highest BCUT2D eigenvalue weighted by molar-refractivity contribution is 6.42. The summed E-state index contributed by atoms with van der Waals surface area (Å²) in [5.74, 6) is -2.69. The number of aromatic amines is 1. The smallest absolute Gasteiger partial charge is 0.377 e. The van der Waals surface area contributed by atoms with Gasteiger partial charge in [0, 0.05) is 18.5 Å². The number of aromatic hydroxyl groups is 1. The first-order valence-electron chi connectivity index (χ1n) is 4.04. The van der Waals surface area contributed by atoms with Crippen molar-refractivity contribution in [2.24, 2.45) is 0 Å². The Bertz CT molecular complexity index is 558. The molecule has 0 aliphatic carbocycles. The number of hydrogen-bond donors (Lipinski definition) is 3. The van der Waals surface area contributed by atoms with Crippen LogP contribution in [0.1, 0.15) is 10.4 Å². The third-order valence-electron chi connectivity index (χ3n) is 1.98. The maximum Gasteiger partial charge on any atom is 0.377 e. The third kappa shape index (κ3) is 1.32. The Hall–Kier alpha value is -2.37. The number of aliphatic carboxylic acids is 1. The van der Waals surface area contributed by atoms with Crippen LogP contribution in [0.4, 0.5) is 0 Å². The van der Waals surface area contributed by atoms with E-state index in [9.17, 15) is 14.7 Å². The Labute approximate surface area is 83.2 Å². The standard InChI is InChI=1S/C9H6N2O4/c12-5-1-2-10-6-4(3-11-7(5)6)8(13)9(14)15/h1-3,11H,(H,10,12)(H,14,15). The highest BCUT2D eigenvalue weighted by Crippen LogP contribution is 2.23. The first kappa shape index (κ1) is 9.20. The van der Waals surface area contributed by atoms with Crippen molar-refractivity contribution in [3.63, 3.8) is 0 Å². The topological polar surface area (TPSA) is 103 Å². The second-order valence-electron chi connectivity index (χ2n) is 2.89. The summed E-state index contributed by atoms with van der Waals surface area (Å²) in [6, 6.07) is 1.34. The van der Waals surface area contributed by atoms with E-state index in [-0.39, 0.29) is 22.3 Å². The van der Waals surface area contributed by atoms with E-state index < -0.39 is 11.8 Å². The molecule has 15 heavy (non-hydrogen) atoms. The highest BCUT2D eigenvalue weighted by Gasteiger charge is 2.20. The van der Waals surface area contributed by atoms with E-state index in [4.69, 9.17) is 5.11 Å². The minimum atomic E-state index is -1.55. The summed E-state index contributed by atoms with van der Waals surface area (Å²) in [7, 11) is 0. The molecule has 0 aliphatic heterocycles. The summed E-state index contributed by atoms with van der Waals surface area (Å²) < 4.78 is 0. The van der Waals surface area contributed by atoms with Gasteiger partial charge in [0.05, 0.1) is 5.56 Å². The monoisotopic (exact) mass is 206 g/mol. The number of fused-ring (bicyclic) bond motifs is 1. The maximum absolute atomic E-state index is 11.2. The van der Waals surface area contributed by atoms with Crippen LogP contribution in [0.3, 0.4) is 0 Å². The van der Waals surface area contributed by atoms with Crippen molar-refractivity contribution in [3.8, 4) is 5.75 Å². The van der Waals surface area contributed by atoms with Crippen molar-refractivity contribution < 1.29 is 19.8 Å². The average molecular weight is 206 g/mol. The molecule has 2 heterocycles. The fourth-order valence-electron chi connectivity index (χ4n) is 1.30. The highest BCUT2D eigenvalue weighted by atomic mass is 16.4. The van der Waals surface area contributed by atoms with Gasteiger partial charge in [-0.05, 0) is 0 Å².